The summed E-state index contributed by atoms with van der Waals surface area (Å²) in [6.45, 7) is 1.92. The van der Waals surface area contributed by atoms with E-state index in [1.807, 2.05) is 61.5 Å². The minimum Gasteiger partial charge on any atom is -0.349 e. The molecular weight excluding hydrogens is 466 g/mol. The summed E-state index contributed by atoms with van der Waals surface area (Å²) >= 11 is 0. The number of amides is 2. The number of carbonyl (C=O) groups excluding carboxylic acids is 4. The summed E-state index contributed by atoms with van der Waals surface area (Å²) in [7, 11) is 0. The molecule has 1 spiro atoms. The zero-order valence-corrected chi connectivity index (χ0v) is 19.9. The molecule has 6 nitrogen and oxygen atoms in total. The van der Waals surface area contributed by atoms with Crippen LogP contribution in [0.4, 0.5) is 5.69 Å². The third kappa shape index (κ3) is 2.73. The molecule has 0 bridgehead atoms. The van der Waals surface area contributed by atoms with E-state index in [2.05, 4.69) is 0 Å². The molecular formula is C31H21NO5. The second-order valence-corrected chi connectivity index (χ2v) is 9.90. The molecule has 1 aliphatic carbocycles. The van der Waals surface area contributed by atoms with E-state index in [9.17, 15) is 19.2 Å². The quantitative estimate of drug-likeness (QED) is 0.299. The van der Waals surface area contributed by atoms with Crippen LogP contribution in [-0.4, -0.2) is 29.0 Å². The lowest BCUT2D eigenvalue weighted by atomic mass is 9.77. The van der Waals surface area contributed by atoms with Crippen molar-refractivity contribution in [2.24, 2.45) is 11.8 Å². The average Bonchev–Trinajstić information content (AvgIpc) is 3.49. The minimum absolute atomic E-state index is 0.221. The molecule has 0 unspecified atom stereocenters. The summed E-state index contributed by atoms with van der Waals surface area (Å²) < 4.78 is 6.45. The van der Waals surface area contributed by atoms with Crippen LogP contribution in [0.1, 0.15) is 37.9 Å². The maximum atomic E-state index is 14.0. The number of ketones is 2. The number of anilines is 1. The molecule has 4 aromatic rings. The van der Waals surface area contributed by atoms with Gasteiger partial charge in [-0.3, -0.25) is 19.2 Å². The van der Waals surface area contributed by atoms with Crippen LogP contribution < -0.4 is 4.90 Å². The number of hydrogen-bond donors (Lipinski definition) is 0. The van der Waals surface area contributed by atoms with Gasteiger partial charge in [-0.25, -0.2) is 4.90 Å². The number of benzene rings is 4. The fraction of sp³-hybridized carbons (Fsp3) is 0.161. The van der Waals surface area contributed by atoms with E-state index in [1.54, 1.807) is 36.4 Å². The number of hydrogen-bond acceptors (Lipinski definition) is 5. The zero-order valence-electron chi connectivity index (χ0n) is 19.9. The molecule has 4 aromatic carbocycles. The highest BCUT2D eigenvalue weighted by molar-refractivity contribution is 6.37. The summed E-state index contributed by atoms with van der Waals surface area (Å²) in [4.78, 5) is 57.1. The molecule has 0 saturated carbocycles. The van der Waals surface area contributed by atoms with Crippen molar-refractivity contribution < 1.29 is 23.9 Å². The van der Waals surface area contributed by atoms with Gasteiger partial charge in [0.25, 0.3) is 0 Å². The number of fused-ring (bicyclic) bond motifs is 4. The van der Waals surface area contributed by atoms with E-state index < -0.39 is 46.9 Å². The summed E-state index contributed by atoms with van der Waals surface area (Å²) in [5.41, 5.74) is 0.429. The van der Waals surface area contributed by atoms with Crippen LogP contribution in [0, 0.1) is 18.8 Å². The fourth-order valence-corrected chi connectivity index (χ4v) is 6.25. The number of Topliss-reactive ketones (excluding diaryl/α,β-unsaturated/α-hetero) is 2. The monoisotopic (exact) mass is 487 g/mol. The molecule has 2 heterocycles. The maximum Gasteiger partial charge on any atom is 0.241 e. The van der Waals surface area contributed by atoms with Crippen LogP contribution >= 0.6 is 0 Å². The van der Waals surface area contributed by atoms with Crippen LogP contribution in [0.15, 0.2) is 91.0 Å². The van der Waals surface area contributed by atoms with Crippen LogP contribution in [0.2, 0.25) is 0 Å². The first-order valence-corrected chi connectivity index (χ1v) is 12.2. The van der Waals surface area contributed by atoms with Crippen LogP contribution in [0.25, 0.3) is 10.8 Å². The van der Waals surface area contributed by atoms with E-state index in [1.165, 1.54) is 0 Å². The molecule has 0 aromatic heterocycles. The molecule has 2 saturated heterocycles. The van der Waals surface area contributed by atoms with E-state index in [0.29, 0.717) is 11.3 Å². The van der Waals surface area contributed by atoms with Crippen molar-refractivity contribution in [3.8, 4) is 0 Å². The Bertz CT molecular complexity index is 1630. The first kappa shape index (κ1) is 21.8. The Hall–Kier alpha value is -4.42. The van der Waals surface area contributed by atoms with Gasteiger partial charge < -0.3 is 4.74 Å². The second-order valence-electron chi connectivity index (χ2n) is 9.90. The van der Waals surface area contributed by atoms with Crippen molar-refractivity contribution in [2.75, 3.05) is 4.90 Å². The first-order chi connectivity index (χ1) is 17.9. The zero-order chi connectivity index (χ0) is 25.5. The van der Waals surface area contributed by atoms with Crippen molar-refractivity contribution in [3.63, 3.8) is 0 Å². The van der Waals surface area contributed by atoms with Crippen LogP contribution in [-0.2, 0) is 14.3 Å². The molecule has 0 radical (unpaired) electrons. The Balaban J connectivity index is 1.46. The molecule has 7 rings (SSSR count). The third-order valence-corrected chi connectivity index (χ3v) is 7.94. The summed E-state index contributed by atoms with van der Waals surface area (Å²) in [5, 5.41) is 1.77. The van der Waals surface area contributed by atoms with Gasteiger partial charge in [-0.15, -0.1) is 0 Å². The van der Waals surface area contributed by atoms with Crippen molar-refractivity contribution in [3.05, 3.63) is 113 Å². The first-order valence-electron chi connectivity index (χ1n) is 12.2. The topological polar surface area (TPSA) is 80.8 Å². The van der Waals surface area contributed by atoms with E-state index in [4.69, 9.17) is 4.74 Å². The number of ether oxygens (including phenoxy) is 1. The van der Waals surface area contributed by atoms with E-state index in [-0.39, 0.29) is 11.1 Å². The Kier molecular flexibility index (Phi) is 4.45. The van der Waals surface area contributed by atoms with Crippen LogP contribution in [0.5, 0.6) is 0 Å². The molecule has 180 valence electrons. The molecule has 2 fully saturated rings. The van der Waals surface area contributed by atoms with E-state index >= 15 is 0 Å². The highest BCUT2D eigenvalue weighted by Gasteiger charge is 2.74. The smallest absolute Gasteiger partial charge is 0.241 e. The number of nitrogens with zero attached hydrogens (tertiary/aromatic N) is 1. The highest BCUT2D eigenvalue weighted by Crippen LogP contribution is 2.58. The largest absolute Gasteiger partial charge is 0.349 e. The molecule has 0 N–H and O–H groups in total. The summed E-state index contributed by atoms with van der Waals surface area (Å²) in [6.07, 6.45) is -0.954. The van der Waals surface area contributed by atoms with Gasteiger partial charge in [-0.1, -0.05) is 84.4 Å². The standard InChI is InChI=1S/C31H21NO5/c1-17-13-15-19(16-14-17)32-29(35)24-25(30(32)36)31(27(33)22-10-4-5-11-23(22)28(31)34)37-26(24)21-12-6-8-18-7-2-3-9-20(18)21/h2-16,24-26H,1H3/t24-,25+,26-/m1/s1. The van der Waals surface area contributed by atoms with Gasteiger partial charge >= 0.3 is 0 Å². The third-order valence-electron chi connectivity index (χ3n) is 7.94. The van der Waals surface area contributed by atoms with Gasteiger partial charge in [-0.2, -0.15) is 0 Å². The normalized spacial score (nSPS) is 23.8. The van der Waals surface area contributed by atoms with Gasteiger partial charge in [-0.05, 0) is 35.4 Å². The Labute approximate surface area is 212 Å². The maximum absolute atomic E-state index is 14.0. The predicted octanol–water partition coefficient (Wildman–Crippen LogP) is 4.84. The lowest BCUT2D eigenvalue weighted by Crippen LogP contribution is -2.51. The van der Waals surface area contributed by atoms with Crippen molar-refractivity contribution >= 4 is 39.8 Å². The van der Waals surface area contributed by atoms with Gasteiger partial charge in [0.2, 0.25) is 29.0 Å². The number of rotatable bonds is 2. The minimum atomic E-state index is -2.08. The van der Waals surface area contributed by atoms with E-state index in [0.717, 1.165) is 21.2 Å². The highest BCUT2D eigenvalue weighted by atomic mass is 16.5. The van der Waals surface area contributed by atoms with Gasteiger partial charge in [0.05, 0.1) is 23.6 Å². The van der Waals surface area contributed by atoms with Gasteiger partial charge in [0.15, 0.2) is 0 Å². The Morgan fingerprint density at radius 3 is 2.03 bits per heavy atom. The number of aryl methyl sites for hydroxylation is 1. The Morgan fingerprint density at radius 2 is 1.32 bits per heavy atom. The van der Waals surface area contributed by atoms with Gasteiger partial charge in [0.1, 0.15) is 0 Å². The molecule has 3 atom stereocenters. The summed E-state index contributed by atoms with van der Waals surface area (Å²) in [5.74, 6) is -4.46. The molecule has 37 heavy (non-hydrogen) atoms. The summed E-state index contributed by atoms with van der Waals surface area (Å²) in [6, 6.07) is 26.9. The van der Waals surface area contributed by atoms with Crippen molar-refractivity contribution in [1.82, 2.24) is 0 Å². The molecule has 6 heteroatoms. The van der Waals surface area contributed by atoms with Crippen LogP contribution in [0.3, 0.4) is 0 Å². The molecule has 2 amide bonds. The average molecular weight is 488 g/mol. The Morgan fingerprint density at radius 1 is 0.703 bits per heavy atom. The fourth-order valence-electron chi connectivity index (χ4n) is 6.25. The van der Waals surface area contributed by atoms with Gasteiger partial charge in [0, 0.05) is 11.1 Å². The number of carbonyl (C=O) groups is 4. The predicted molar refractivity (Wildman–Crippen MR) is 136 cm³/mol. The second kappa shape index (κ2) is 7.54. The lowest BCUT2D eigenvalue weighted by molar-refractivity contribution is -0.127. The lowest BCUT2D eigenvalue weighted by Gasteiger charge is -2.27. The molecule has 2 aliphatic heterocycles. The molecule has 3 aliphatic rings. The van der Waals surface area contributed by atoms with Crippen molar-refractivity contribution in [2.45, 2.75) is 18.6 Å². The SMILES string of the molecule is Cc1ccc(N2C(=O)[C@H]3[C@@H](c4cccc5ccccc45)OC4(C(=O)c5ccccc5C4=O)[C@@H]3C2=O)cc1. The number of imide groups is 1. The van der Waals surface area contributed by atoms with Crippen molar-refractivity contribution in [1.29, 1.82) is 0 Å².